The van der Waals surface area contributed by atoms with Crippen molar-refractivity contribution in [2.45, 2.75) is 19.8 Å². The number of guanidine groups is 1. The Balaban J connectivity index is 2.97. The maximum Gasteiger partial charge on any atom is 0.387 e. The number of benzene rings is 1. The van der Waals surface area contributed by atoms with E-state index in [1.807, 2.05) is 0 Å². The minimum Gasteiger partial charge on any atom is -0.431 e. The van der Waals surface area contributed by atoms with Crippen molar-refractivity contribution in [3.05, 3.63) is 23.8 Å². The lowest BCUT2D eigenvalue weighted by molar-refractivity contribution is -0.0692. The van der Waals surface area contributed by atoms with Crippen molar-refractivity contribution in [1.29, 1.82) is 5.41 Å². The van der Waals surface area contributed by atoms with Crippen LogP contribution in [0.2, 0.25) is 0 Å². The van der Waals surface area contributed by atoms with E-state index in [-0.39, 0.29) is 12.5 Å². The lowest BCUT2D eigenvalue weighted by Gasteiger charge is -2.18. The van der Waals surface area contributed by atoms with Gasteiger partial charge in [0.15, 0.2) is 17.5 Å². The number of nitrogens with zero attached hydrogens (tertiary/aromatic N) is 1. The molecule has 0 fully saturated rings. The molecule has 3 N–H and O–H groups in total. The summed E-state index contributed by atoms with van der Waals surface area (Å²) in [5.74, 6) is -1.22. The molecule has 0 atom stereocenters. The molecule has 0 aliphatic rings. The summed E-state index contributed by atoms with van der Waals surface area (Å²) in [7, 11) is 1.51. The normalized spacial score (nSPS) is 10.8. The number of rotatable bonds is 6. The molecular formula is C11H13F4N3O2. The molecule has 0 saturated heterocycles. The van der Waals surface area contributed by atoms with Crippen molar-refractivity contribution in [1.82, 2.24) is 4.90 Å². The maximum atomic E-state index is 12.2. The quantitative estimate of drug-likeness (QED) is 0.479. The average molecular weight is 295 g/mol. The van der Waals surface area contributed by atoms with Gasteiger partial charge in [-0.3, -0.25) is 5.41 Å². The fourth-order valence-corrected chi connectivity index (χ4v) is 1.39. The van der Waals surface area contributed by atoms with E-state index in [0.29, 0.717) is 5.56 Å². The summed E-state index contributed by atoms with van der Waals surface area (Å²) in [5.41, 5.74) is 5.68. The van der Waals surface area contributed by atoms with Gasteiger partial charge in [-0.2, -0.15) is 17.6 Å². The van der Waals surface area contributed by atoms with E-state index in [2.05, 4.69) is 9.47 Å². The van der Waals surface area contributed by atoms with Crippen LogP contribution in [0.3, 0.4) is 0 Å². The summed E-state index contributed by atoms with van der Waals surface area (Å²) in [6.07, 6.45) is 0. The second-order valence-electron chi connectivity index (χ2n) is 3.78. The summed E-state index contributed by atoms with van der Waals surface area (Å²) in [5, 5.41) is 7.18. The van der Waals surface area contributed by atoms with Gasteiger partial charge in [0.25, 0.3) is 0 Å². The Morgan fingerprint density at radius 1 is 1.20 bits per heavy atom. The van der Waals surface area contributed by atoms with E-state index in [0.717, 1.165) is 12.1 Å². The molecule has 0 bridgehead atoms. The Morgan fingerprint density at radius 3 is 2.25 bits per heavy atom. The largest absolute Gasteiger partial charge is 0.431 e. The first kappa shape index (κ1) is 15.9. The maximum absolute atomic E-state index is 12.2. The van der Waals surface area contributed by atoms with Gasteiger partial charge in [0.2, 0.25) is 0 Å². The number of ether oxygens (including phenoxy) is 2. The van der Waals surface area contributed by atoms with Crippen molar-refractivity contribution in [3.8, 4) is 11.5 Å². The highest BCUT2D eigenvalue weighted by atomic mass is 19.3. The van der Waals surface area contributed by atoms with Crippen LogP contribution in [0.1, 0.15) is 5.56 Å². The molecule has 0 unspecified atom stereocenters. The monoisotopic (exact) mass is 295 g/mol. The van der Waals surface area contributed by atoms with Crippen LogP contribution in [-0.2, 0) is 6.54 Å². The molecule has 0 heterocycles. The lowest BCUT2D eigenvalue weighted by Crippen LogP contribution is -2.32. The van der Waals surface area contributed by atoms with Gasteiger partial charge in [-0.25, -0.2) is 0 Å². The highest BCUT2D eigenvalue weighted by Crippen LogP contribution is 2.31. The molecule has 0 amide bonds. The first-order valence-corrected chi connectivity index (χ1v) is 5.37. The second kappa shape index (κ2) is 6.83. The number of halogens is 4. The van der Waals surface area contributed by atoms with Gasteiger partial charge in [0, 0.05) is 13.6 Å². The molecule has 112 valence electrons. The van der Waals surface area contributed by atoms with Crippen LogP contribution in [0, 0.1) is 5.41 Å². The Labute approximate surface area is 112 Å². The van der Waals surface area contributed by atoms with E-state index in [4.69, 9.17) is 11.1 Å². The van der Waals surface area contributed by atoms with E-state index >= 15 is 0 Å². The molecule has 0 saturated carbocycles. The van der Waals surface area contributed by atoms with Crippen LogP contribution >= 0.6 is 0 Å². The lowest BCUT2D eigenvalue weighted by atomic mass is 10.2. The molecule has 0 spiro atoms. The van der Waals surface area contributed by atoms with Crippen LogP contribution in [0.25, 0.3) is 0 Å². The minimum absolute atomic E-state index is 0.129. The van der Waals surface area contributed by atoms with Crippen LogP contribution in [0.4, 0.5) is 17.6 Å². The van der Waals surface area contributed by atoms with Gasteiger partial charge >= 0.3 is 13.2 Å². The summed E-state index contributed by atoms with van der Waals surface area (Å²) in [4.78, 5) is 1.33. The molecule has 1 rings (SSSR count). The Kier molecular flexibility index (Phi) is 5.42. The predicted molar refractivity (Wildman–Crippen MR) is 63.1 cm³/mol. The minimum atomic E-state index is -3.17. The first-order valence-electron chi connectivity index (χ1n) is 5.37. The molecule has 1 aromatic rings. The van der Waals surface area contributed by atoms with E-state index in [1.165, 1.54) is 18.0 Å². The molecule has 0 radical (unpaired) electrons. The zero-order valence-electron chi connectivity index (χ0n) is 10.4. The van der Waals surface area contributed by atoms with Crippen LogP contribution in [-0.4, -0.2) is 31.1 Å². The SMILES string of the molecule is CN(Cc1ccc(OC(F)F)c(OC(F)F)c1)C(=N)N. The molecule has 0 aliphatic heterocycles. The predicted octanol–water partition coefficient (Wildman–Crippen LogP) is 2.21. The molecule has 20 heavy (non-hydrogen) atoms. The topological polar surface area (TPSA) is 71.6 Å². The number of nitrogens with two attached hydrogens (primary N) is 1. The third-order valence-electron chi connectivity index (χ3n) is 2.27. The highest BCUT2D eigenvalue weighted by Gasteiger charge is 2.15. The van der Waals surface area contributed by atoms with Crippen molar-refractivity contribution < 1.29 is 27.0 Å². The number of nitrogens with one attached hydrogen (secondary N) is 1. The van der Waals surface area contributed by atoms with Gasteiger partial charge in [-0.05, 0) is 17.7 Å². The van der Waals surface area contributed by atoms with Gasteiger partial charge in [0.05, 0.1) is 0 Å². The molecule has 0 aliphatic carbocycles. The molecule has 9 heteroatoms. The van der Waals surface area contributed by atoms with Gasteiger partial charge in [-0.1, -0.05) is 6.07 Å². The fourth-order valence-electron chi connectivity index (χ4n) is 1.39. The van der Waals surface area contributed by atoms with Gasteiger partial charge in [0.1, 0.15) is 0 Å². The van der Waals surface area contributed by atoms with Gasteiger partial charge < -0.3 is 20.1 Å². The number of hydrogen-bond donors (Lipinski definition) is 2. The van der Waals surface area contributed by atoms with Crippen LogP contribution in [0.5, 0.6) is 11.5 Å². The van der Waals surface area contributed by atoms with Crippen LogP contribution in [0.15, 0.2) is 18.2 Å². The Morgan fingerprint density at radius 2 is 1.75 bits per heavy atom. The van der Waals surface area contributed by atoms with E-state index < -0.39 is 24.7 Å². The summed E-state index contributed by atoms with van der Waals surface area (Å²) < 4.78 is 56.9. The van der Waals surface area contributed by atoms with E-state index in [9.17, 15) is 17.6 Å². The molecule has 5 nitrogen and oxygen atoms in total. The van der Waals surface area contributed by atoms with E-state index in [1.54, 1.807) is 0 Å². The molecule has 1 aromatic carbocycles. The fraction of sp³-hybridized carbons (Fsp3) is 0.364. The van der Waals surface area contributed by atoms with Crippen LogP contribution < -0.4 is 15.2 Å². The highest BCUT2D eigenvalue weighted by molar-refractivity contribution is 5.74. The summed E-state index contributed by atoms with van der Waals surface area (Å²) in [6, 6.07) is 3.60. The van der Waals surface area contributed by atoms with Gasteiger partial charge in [-0.15, -0.1) is 0 Å². The smallest absolute Gasteiger partial charge is 0.387 e. The number of alkyl halides is 4. The van der Waals surface area contributed by atoms with Crippen molar-refractivity contribution in [2.24, 2.45) is 5.73 Å². The number of hydrogen-bond acceptors (Lipinski definition) is 3. The standard InChI is InChI=1S/C11H13F4N3O2/c1-18(11(16)17)5-6-2-3-7(19-9(12)13)8(4-6)20-10(14)15/h2-4,9-10H,5H2,1H3,(H3,16,17). The molecule has 0 aromatic heterocycles. The Hall–Kier alpha value is -2.19. The third kappa shape index (κ3) is 4.82. The summed E-state index contributed by atoms with van der Waals surface area (Å²) in [6.45, 7) is -6.19. The van der Waals surface area contributed by atoms with Crippen molar-refractivity contribution in [2.75, 3.05) is 7.05 Å². The third-order valence-corrected chi connectivity index (χ3v) is 2.27. The van der Waals surface area contributed by atoms with Crippen molar-refractivity contribution in [3.63, 3.8) is 0 Å². The van der Waals surface area contributed by atoms with Crippen molar-refractivity contribution >= 4 is 5.96 Å². The Bertz CT molecular complexity index is 471. The zero-order valence-corrected chi connectivity index (χ0v) is 10.4. The second-order valence-corrected chi connectivity index (χ2v) is 3.78. The zero-order chi connectivity index (χ0) is 15.3. The molecular weight excluding hydrogens is 282 g/mol. The average Bonchev–Trinajstić information content (AvgIpc) is 2.31. The first-order chi connectivity index (χ1) is 9.29. The summed E-state index contributed by atoms with van der Waals surface area (Å²) >= 11 is 0.